The number of amides is 1. The number of hydrogen-bond acceptors (Lipinski definition) is 2. The molecule has 2 rings (SSSR count). The van der Waals surface area contributed by atoms with Gasteiger partial charge in [-0.3, -0.25) is 4.79 Å². The highest BCUT2D eigenvalue weighted by Crippen LogP contribution is 2.25. The zero-order valence-electron chi connectivity index (χ0n) is 13.1. The van der Waals surface area contributed by atoms with Gasteiger partial charge in [0.05, 0.1) is 6.04 Å². The molecule has 110 valence electrons. The molecule has 20 heavy (non-hydrogen) atoms. The van der Waals surface area contributed by atoms with Gasteiger partial charge in [-0.05, 0) is 57.4 Å². The van der Waals surface area contributed by atoms with Crippen molar-refractivity contribution in [2.24, 2.45) is 0 Å². The van der Waals surface area contributed by atoms with Gasteiger partial charge in [0.15, 0.2) is 0 Å². The molecule has 0 saturated carbocycles. The lowest BCUT2D eigenvalue weighted by Gasteiger charge is -2.32. The Kier molecular flexibility index (Phi) is 4.81. The van der Waals surface area contributed by atoms with E-state index in [-0.39, 0.29) is 6.04 Å². The number of rotatable bonds is 4. The number of likely N-dealkylation sites (N-methyl/N-ethyl adjacent to an activating group) is 1. The van der Waals surface area contributed by atoms with E-state index in [1.807, 2.05) is 11.9 Å². The lowest BCUT2D eigenvalue weighted by atomic mass is 9.93. The van der Waals surface area contributed by atoms with Crippen LogP contribution in [0.5, 0.6) is 0 Å². The lowest BCUT2D eigenvalue weighted by Crippen LogP contribution is -2.41. The Morgan fingerprint density at radius 2 is 1.85 bits per heavy atom. The summed E-state index contributed by atoms with van der Waals surface area (Å²) in [6.45, 7) is 8.14. The van der Waals surface area contributed by atoms with Crippen molar-refractivity contribution in [1.29, 1.82) is 0 Å². The summed E-state index contributed by atoms with van der Waals surface area (Å²) in [7, 11) is 1.98. The van der Waals surface area contributed by atoms with Gasteiger partial charge in [-0.25, -0.2) is 0 Å². The maximum Gasteiger partial charge on any atom is 0.222 e. The van der Waals surface area contributed by atoms with E-state index in [4.69, 9.17) is 0 Å². The third kappa shape index (κ3) is 3.21. The number of likely N-dealkylation sites (tertiary alicyclic amines) is 1. The molecule has 0 aromatic heterocycles. The van der Waals surface area contributed by atoms with E-state index in [0.717, 1.165) is 25.9 Å². The van der Waals surface area contributed by atoms with Gasteiger partial charge >= 0.3 is 0 Å². The van der Waals surface area contributed by atoms with Crippen molar-refractivity contribution < 1.29 is 4.79 Å². The monoisotopic (exact) mass is 274 g/mol. The first-order valence-electron chi connectivity index (χ1n) is 7.55. The van der Waals surface area contributed by atoms with E-state index in [9.17, 15) is 4.79 Å². The summed E-state index contributed by atoms with van der Waals surface area (Å²) in [5.41, 5.74) is 5.27. The van der Waals surface area contributed by atoms with Gasteiger partial charge in [-0.1, -0.05) is 17.7 Å². The molecule has 1 heterocycles. The second kappa shape index (κ2) is 6.40. The van der Waals surface area contributed by atoms with Gasteiger partial charge in [0.25, 0.3) is 0 Å². The predicted molar refractivity (Wildman–Crippen MR) is 82.9 cm³/mol. The number of carbonyl (C=O) groups excluding carboxylic acids is 1. The zero-order valence-corrected chi connectivity index (χ0v) is 13.1. The minimum absolute atomic E-state index is 0.220. The molecular weight excluding hydrogens is 248 g/mol. The summed E-state index contributed by atoms with van der Waals surface area (Å²) in [6, 6.07) is 4.67. The third-order valence-corrected chi connectivity index (χ3v) is 4.26. The molecule has 1 aliphatic heterocycles. The van der Waals surface area contributed by atoms with Crippen LogP contribution in [0.15, 0.2) is 12.1 Å². The fourth-order valence-corrected chi connectivity index (χ4v) is 3.34. The fourth-order valence-electron chi connectivity index (χ4n) is 3.34. The molecule has 1 unspecified atom stereocenters. The van der Waals surface area contributed by atoms with Crippen LogP contribution in [-0.4, -0.2) is 30.9 Å². The number of piperidine rings is 1. The molecule has 1 amide bonds. The molecule has 1 N–H and O–H groups in total. The summed E-state index contributed by atoms with van der Waals surface area (Å²) in [6.07, 6.45) is 2.89. The zero-order chi connectivity index (χ0) is 14.7. The van der Waals surface area contributed by atoms with Crippen LogP contribution in [0.3, 0.4) is 0 Å². The second-order valence-electron chi connectivity index (χ2n) is 5.95. The Labute approximate surface area is 122 Å². The number of nitrogens with zero attached hydrogens (tertiary/aromatic N) is 1. The normalized spacial score (nSPS) is 17.4. The Morgan fingerprint density at radius 3 is 2.40 bits per heavy atom. The SMILES string of the molecule is CNC(CN1CCCCC1=O)c1c(C)cc(C)cc1C. The van der Waals surface area contributed by atoms with Gasteiger partial charge in [0.2, 0.25) is 5.91 Å². The van der Waals surface area contributed by atoms with Crippen molar-refractivity contribution in [3.63, 3.8) is 0 Å². The molecule has 1 atom stereocenters. The maximum absolute atomic E-state index is 12.0. The number of carbonyl (C=O) groups is 1. The Morgan fingerprint density at radius 1 is 1.20 bits per heavy atom. The molecular formula is C17H26N2O. The van der Waals surface area contributed by atoms with Crippen LogP contribution >= 0.6 is 0 Å². The van der Waals surface area contributed by atoms with E-state index < -0.39 is 0 Å². The highest BCUT2D eigenvalue weighted by molar-refractivity contribution is 5.76. The first-order valence-corrected chi connectivity index (χ1v) is 7.55. The number of hydrogen-bond donors (Lipinski definition) is 1. The molecule has 0 spiro atoms. The van der Waals surface area contributed by atoms with E-state index in [0.29, 0.717) is 12.3 Å². The third-order valence-electron chi connectivity index (χ3n) is 4.26. The number of aryl methyl sites for hydroxylation is 3. The first-order chi connectivity index (χ1) is 9.52. The fraction of sp³-hybridized carbons (Fsp3) is 0.588. The van der Waals surface area contributed by atoms with Gasteiger partial charge in [-0.2, -0.15) is 0 Å². The van der Waals surface area contributed by atoms with Gasteiger partial charge < -0.3 is 10.2 Å². The van der Waals surface area contributed by atoms with Crippen molar-refractivity contribution in [3.05, 3.63) is 34.4 Å². The largest absolute Gasteiger partial charge is 0.341 e. The highest BCUT2D eigenvalue weighted by atomic mass is 16.2. The van der Waals surface area contributed by atoms with Crippen LogP contribution in [0, 0.1) is 20.8 Å². The van der Waals surface area contributed by atoms with Crippen LogP contribution < -0.4 is 5.32 Å². The summed E-state index contributed by atoms with van der Waals surface area (Å²) < 4.78 is 0. The smallest absolute Gasteiger partial charge is 0.222 e. The first kappa shape index (κ1) is 15.0. The molecule has 1 fully saturated rings. The Balaban J connectivity index is 2.22. The van der Waals surface area contributed by atoms with Crippen LogP contribution in [0.25, 0.3) is 0 Å². The van der Waals surface area contributed by atoms with Crippen molar-refractivity contribution in [2.45, 2.75) is 46.1 Å². The summed E-state index contributed by atoms with van der Waals surface area (Å²) >= 11 is 0. The maximum atomic E-state index is 12.0. The molecule has 0 aliphatic carbocycles. The average Bonchev–Trinajstić information content (AvgIpc) is 2.38. The summed E-state index contributed by atoms with van der Waals surface area (Å²) in [4.78, 5) is 14.0. The van der Waals surface area contributed by atoms with Crippen LogP contribution in [-0.2, 0) is 4.79 Å². The number of benzene rings is 1. The summed E-state index contributed by atoms with van der Waals surface area (Å²) in [5, 5.41) is 3.39. The molecule has 3 heteroatoms. The molecule has 1 aromatic carbocycles. The minimum Gasteiger partial charge on any atom is -0.341 e. The summed E-state index contributed by atoms with van der Waals surface area (Å²) in [5.74, 6) is 0.305. The topological polar surface area (TPSA) is 32.3 Å². The standard InChI is InChI=1S/C17H26N2O/c1-12-9-13(2)17(14(3)10-12)15(18-4)11-19-8-6-5-7-16(19)20/h9-10,15,18H,5-8,11H2,1-4H3. The molecule has 0 radical (unpaired) electrons. The Bertz CT molecular complexity index is 473. The minimum atomic E-state index is 0.220. The quantitative estimate of drug-likeness (QED) is 0.915. The average molecular weight is 274 g/mol. The highest BCUT2D eigenvalue weighted by Gasteiger charge is 2.23. The van der Waals surface area contributed by atoms with Gasteiger partial charge in [0.1, 0.15) is 0 Å². The Hall–Kier alpha value is -1.35. The van der Waals surface area contributed by atoms with Crippen LogP contribution in [0.1, 0.15) is 47.6 Å². The molecule has 3 nitrogen and oxygen atoms in total. The molecule has 1 aliphatic rings. The van der Waals surface area contributed by atoms with Crippen LogP contribution in [0.2, 0.25) is 0 Å². The van der Waals surface area contributed by atoms with Gasteiger partial charge in [-0.15, -0.1) is 0 Å². The van der Waals surface area contributed by atoms with E-state index >= 15 is 0 Å². The predicted octanol–water partition coefficient (Wildman–Crippen LogP) is 2.88. The lowest BCUT2D eigenvalue weighted by molar-refractivity contribution is -0.133. The van der Waals surface area contributed by atoms with Gasteiger partial charge in [0, 0.05) is 19.5 Å². The van der Waals surface area contributed by atoms with Crippen LogP contribution in [0.4, 0.5) is 0 Å². The van der Waals surface area contributed by atoms with Crippen molar-refractivity contribution in [3.8, 4) is 0 Å². The number of nitrogens with one attached hydrogen (secondary N) is 1. The van der Waals surface area contributed by atoms with Crippen molar-refractivity contribution >= 4 is 5.91 Å². The van der Waals surface area contributed by atoms with E-state index in [1.165, 1.54) is 22.3 Å². The van der Waals surface area contributed by atoms with E-state index in [1.54, 1.807) is 0 Å². The second-order valence-corrected chi connectivity index (χ2v) is 5.95. The van der Waals surface area contributed by atoms with E-state index in [2.05, 4.69) is 38.2 Å². The van der Waals surface area contributed by atoms with Crippen molar-refractivity contribution in [2.75, 3.05) is 20.1 Å². The van der Waals surface area contributed by atoms with Crippen molar-refractivity contribution in [1.82, 2.24) is 10.2 Å². The molecule has 0 bridgehead atoms. The molecule has 1 aromatic rings. The molecule has 1 saturated heterocycles.